The maximum absolute atomic E-state index is 12.7. The van der Waals surface area contributed by atoms with Crippen LogP contribution in [0.15, 0.2) is 42.5 Å². The molecule has 0 radical (unpaired) electrons. The molecule has 0 atom stereocenters. The summed E-state index contributed by atoms with van der Waals surface area (Å²) in [5.41, 5.74) is -1.33. The van der Waals surface area contributed by atoms with Crippen LogP contribution in [0.1, 0.15) is 22.8 Å². The van der Waals surface area contributed by atoms with Crippen LogP contribution in [0.3, 0.4) is 0 Å². The van der Waals surface area contributed by atoms with Crippen molar-refractivity contribution in [3.63, 3.8) is 0 Å². The van der Waals surface area contributed by atoms with E-state index in [1.54, 1.807) is 6.92 Å². The van der Waals surface area contributed by atoms with Gasteiger partial charge in [-0.1, -0.05) is 6.07 Å². The highest BCUT2D eigenvalue weighted by atomic mass is 19.4. The summed E-state index contributed by atoms with van der Waals surface area (Å²) in [4.78, 5) is 34.3. The van der Waals surface area contributed by atoms with Crippen LogP contribution in [-0.2, 0) is 15.7 Å². The summed E-state index contributed by atoms with van der Waals surface area (Å²) < 4.78 is 42.8. The molecule has 0 unspecified atom stereocenters. The van der Waals surface area contributed by atoms with Crippen molar-refractivity contribution < 1.29 is 32.4 Å². The molecule has 0 heterocycles. The van der Waals surface area contributed by atoms with Crippen molar-refractivity contribution in [1.29, 1.82) is 0 Å². The monoisotopic (exact) mass is 411 g/mol. The summed E-state index contributed by atoms with van der Waals surface area (Å²) in [6.45, 7) is 1.40. The third kappa shape index (κ3) is 5.92. The fraction of sp³-hybridized carbons (Fsp3) is 0.222. The average Bonchev–Trinajstić information content (AvgIpc) is 2.66. The lowest BCUT2D eigenvalue weighted by molar-refractivity contribution is -0.384. The van der Waals surface area contributed by atoms with Gasteiger partial charge in [0, 0.05) is 18.3 Å². The Hall–Kier alpha value is -3.63. The molecule has 2 aromatic rings. The second-order valence-corrected chi connectivity index (χ2v) is 5.72. The van der Waals surface area contributed by atoms with Crippen LogP contribution in [0.5, 0.6) is 0 Å². The van der Waals surface area contributed by atoms with Crippen molar-refractivity contribution in [2.24, 2.45) is 0 Å². The van der Waals surface area contributed by atoms with Gasteiger partial charge in [0.15, 0.2) is 6.61 Å². The number of nitro benzene ring substituents is 1. The molecule has 0 aliphatic rings. The van der Waals surface area contributed by atoms with Gasteiger partial charge >= 0.3 is 12.1 Å². The van der Waals surface area contributed by atoms with Gasteiger partial charge in [-0.25, -0.2) is 4.79 Å². The Kier molecular flexibility index (Phi) is 6.75. The zero-order chi connectivity index (χ0) is 21.6. The number of hydrogen-bond donors (Lipinski definition) is 2. The van der Waals surface area contributed by atoms with Crippen LogP contribution in [-0.4, -0.2) is 30.0 Å². The van der Waals surface area contributed by atoms with Gasteiger partial charge in [0.05, 0.1) is 16.1 Å². The number of amides is 1. The number of nitrogens with zero attached hydrogens (tertiary/aromatic N) is 1. The lowest BCUT2D eigenvalue weighted by atomic mass is 10.1. The van der Waals surface area contributed by atoms with Crippen LogP contribution in [0.25, 0.3) is 0 Å². The van der Waals surface area contributed by atoms with Crippen molar-refractivity contribution in [2.45, 2.75) is 13.1 Å². The molecule has 0 aromatic heterocycles. The normalized spacial score (nSPS) is 10.9. The highest BCUT2D eigenvalue weighted by Crippen LogP contribution is 2.30. The van der Waals surface area contributed by atoms with Gasteiger partial charge in [0.1, 0.15) is 5.69 Å². The van der Waals surface area contributed by atoms with Gasteiger partial charge in [0.2, 0.25) is 0 Å². The first kappa shape index (κ1) is 21.7. The molecule has 29 heavy (non-hydrogen) atoms. The number of esters is 1. The number of halogens is 3. The SMILES string of the molecule is CCNc1ccc(C(=O)OCC(=O)Nc2cccc(C(F)(F)F)c2)cc1[N+](=O)[O-]. The van der Waals surface area contributed by atoms with E-state index in [0.717, 1.165) is 24.3 Å². The summed E-state index contributed by atoms with van der Waals surface area (Å²) in [5, 5.41) is 16.1. The largest absolute Gasteiger partial charge is 0.452 e. The number of nitrogens with one attached hydrogen (secondary N) is 2. The van der Waals surface area contributed by atoms with Gasteiger partial charge in [-0.15, -0.1) is 0 Å². The predicted molar refractivity (Wildman–Crippen MR) is 97.6 cm³/mol. The number of ether oxygens (including phenoxy) is 1. The first-order valence-corrected chi connectivity index (χ1v) is 8.28. The van der Waals surface area contributed by atoms with Gasteiger partial charge < -0.3 is 15.4 Å². The molecular weight excluding hydrogens is 395 g/mol. The van der Waals surface area contributed by atoms with Crippen LogP contribution >= 0.6 is 0 Å². The maximum Gasteiger partial charge on any atom is 0.416 e. The van der Waals surface area contributed by atoms with Crippen LogP contribution in [0.2, 0.25) is 0 Å². The Labute approximate surface area is 162 Å². The Morgan fingerprint density at radius 3 is 2.52 bits per heavy atom. The zero-order valence-corrected chi connectivity index (χ0v) is 15.1. The van der Waals surface area contributed by atoms with Crippen molar-refractivity contribution in [3.05, 3.63) is 63.7 Å². The minimum absolute atomic E-state index is 0.119. The van der Waals surface area contributed by atoms with E-state index in [1.807, 2.05) is 0 Å². The van der Waals surface area contributed by atoms with E-state index in [-0.39, 0.29) is 22.6 Å². The maximum atomic E-state index is 12.7. The first-order valence-electron chi connectivity index (χ1n) is 8.28. The third-order valence-electron chi connectivity index (χ3n) is 3.61. The highest BCUT2D eigenvalue weighted by Gasteiger charge is 2.30. The molecule has 0 bridgehead atoms. The van der Waals surface area contributed by atoms with Crippen molar-refractivity contribution in [3.8, 4) is 0 Å². The number of carbonyl (C=O) groups is 2. The van der Waals surface area contributed by atoms with Crippen LogP contribution in [0, 0.1) is 10.1 Å². The fourth-order valence-corrected chi connectivity index (χ4v) is 2.33. The van der Waals surface area contributed by atoms with Gasteiger partial charge in [-0.3, -0.25) is 14.9 Å². The standard InChI is InChI=1S/C18H16F3N3O5/c1-2-22-14-7-6-11(8-15(14)24(27)28)17(26)29-10-16(25)23-13-5-3-4-12(9-13)18(19,20)21/h3-9,22H,2,10H2,1H3,(H,23,25). The van der Waals surface area contributed by atoms with Crippen molar-refractivity contribution in [1.82, 2.24) is 0 Å². The van der Waals surface area contributed by atoms with E-state index in [4.69, 9.17) is 4.74 Å². The second-order valence-electron chi connectivity index (χ2n) is 5.72. The molecule has 1 amide bonds. The molecule has 0 aliphatic carbocycles. The summed E-state index contributed by atoms with van der Waals surface area (Å²) in [5.74, 6) is -1.85. The zero-order valence-electron chi connectivity index (χ0n) is 15.1. The van der Waals surface area contributed by atoms with Crippen LogP contribution < -0.4 is 10.6 Å². The van der Waals surface area contributed by atoms with Crippen LogP contribution in [0.4, 0.5) is 30.2 Å². The first-order chi connectivity index (χ1) is 13.6. The Morgan fingerprint density at radius 2 is 1.90 bits per heavy atom. The number of carbonyl (C=O) groups excluding carboxylic acids is 2. The van der Waals surface area contributed by atoms with Crippen molar-refractivity contribution >= 4 is 28.9 Å². The van der Waals surface area contributed by atoms with E-state index >= 15 is 0 Å². The number of alkyl halides is 3. The second kappa shape index (κ2) is 9.04. The average molecular weight is 411 g/mol. The van der Waals surface area contributed by atoms with Gasteiger partial charge in [-0.2, -0.15) is 13.2 Å². The minimum Gasteiger partial charge on any atom is -0.452 e. The Morgan fingerprint density at radius 1 is 1.17 bits per heavy atom. The molecule has 2 aromatic carbocycles. The molecule has 0 fully saturated rings. The molecule has 0 saturated carbocycles. The highest BCUT2D eigenvalue weighted by molar-refractivity contribution is 5.96. The number of nitro groups is 1. The summed E-state index contributed by atoms with van der Waals surface area (Å²) >= 11 is 0. The molecular formula is C18H16F3N3O5. The lowest BCUT2D eigenvalue weighted by Crippen LogP contribution is -2.21. The van der Waals surface area contributed by atoms with E-state index in [0.29, 0.717) is 6.54 Å². The van der Waals surface area contributed by atoms with E-state index in [2.05, 4.69) is 10.6 Å². The number of rotatable bonds is 7. The Balaban J connectivity index is 2.01. The van der Waals surface area contributed by atoms with E-state index in [1.165, 1.54) is 18.2 Å². The molecule has 2 rings (SSSR count). The van der Waals surface area contributed by atoms with Gasteiger partial charge in [0.25, 0.3) is 11.6 Å². The lowest BCUT2D eigenvalue weighted by Gasteiger charge is -2.10. The Bertz CT molecular complexity index is 931. The number of anilines is 2. The van der Waals surface area contributed by atoms with E-state index in [9.17, 15) is 32.9 Å². The smallest absolute Gasteiger partial charge is 0.416 e. The summed E-state index contributed by atoms with van der Waals surface area (Å²) in [7, 11) is 0. The molecule has 0 saturated heterocycles. The number of hydrogen-bond acceptors (Lipinski definition) is 6. The predicted octanol–water partition coefficient (Wildman–Crippen LogP) is 3.84. The van der Waals surface area contributed by atoms with Gasteiger partial charge in [-0.05, 0) is 37.3 Å². The quantitative estimate of drug-likeness (QED) is 0.407. The fourth-order valence-electron chi connectivity index (χ4n) is 2.33. The number of benzene rings is 2. The molecule has 11 heteroatoms. The molecule has 8 nitrogen and oxygen atoms in total. The van der Waals surface area contributed by atoms with Crippen molar-refractivity contribution in [2.75, 3.05) is 23.8 Å². The molecule has 2 N–H and O–H groups in total. The van der Waals surface area contributed by atoms with E-state index < -0.39 is 35.1 Å². The third-order valence-corrected chi connectivity index (χ3v) is 3.61. The summed E-state index contributed by atoms with van der Waals surface area (Å²) in [6, 6.07) is 7.58. The molecule has 0 aliphatic heterocycles. The summed E-state index contributed by atoms with van der Waals surface area (Å²) in [6.07, 6.45) is -4.57. The molecule has 0 spiro atoms. The topological polar surface area (TPSA) is 111 Å². The minimum atomic E-state index is -4.57. The molecule has 154 valence electrons.